The normalized spacial score (nSPS) is 12.8. The fourth-order valence-electron chi connectivity index (χ4n) is 2.35. The first-order chi connectivity index (χ1) is 11.9. The number of nitrogens with one attached hydrogen (secondary N) is 2. The molecule has 0 radical (unpaired) electrons. The number of carbonyl (C=O) groups excluding carboxylic acids is 1. The van der Waals surface area contributed by atoms with E-state index in [9.17, 15) is 13.2 Å². The van der Waals surface area contributed by atoms with Gasteiger partial charge in [0, 0.05) is 13.1 Å². The van der Waals surface area contributed by atoms with E-state index in [1.165, 1.54) is 11.1 Å². The van der Waals surface area contributed by atoms with Crippen molar-refractivity contribution in [3.8, 4) is 0 Å². The Labute approximate surface area is 151 Å². The fourth-order valence-corrected chi connectivity index (χ4v) is 3.71. The summed E-state index contributed by atoms with van der Waals surface area (Å²) in [5, 5.41) is 4.44. The maximum atomic E-state index is 11.9. The fraction of sp³-hybridized carbons (Fsp3) is 0.611. The van der Waals surface area contributed by atoms with Gasteiger partial charge in [-0.1, -0.05) is 44.5 Å². The number of hydrogen-bond donors (Lipinski definition) is 3. The summed E-state index contributed by atoms with van der Waals surface area (Å²) in [6, 6.07) is 8.41. The van der Waals surface area contributed by atoms with Crippen LogP contribution < -0.4 is 16.4 Å². The molecule has 0 aliphatic rings. The van der Waals surface area contributed by atoms with Crippen LogP contribution in [0.25, 0.3) is 0 Å². The first-order valence-electron chi connectivity index (χ1n) is 8.94. The van der Waals surface area contributed by atoms with E-state index in [2.05, 4.69) is 41.8 Å². The zero-order valence-corrected chi connectivity index (χ0v) is 16.1. The smallest absolute Gasteiger partial charge is 0.252 e. The van der Waals surface area contributed by atoms with Crippen LogP contribution >= 0.6 is 0 Å². The van der Waals surface area contributed by atoms with Crippen molar-refractivity contribution >= 4 is 15.7 Å². The molecule has 0 fully saturated rings. The molecule has 0 unspecified atom stereocenters. The van der Waals surface area contributed by atoms with E-state index in [1.807, 2.05) is 6.92 Å². The minimum Gasteiger partial charge on any atom is -0.354 e. The summed E-state index contributed by atoms with van der Waals surface area (Å²) in [7, 11) is -3.56. The van der Waals surface area contributed by atoms with Gasteiger partial charge in [-0.05, 0) is 36.9 Å². The van der Waals surface area contributed by atoms with Crippen LogP contribution in [0.5, 0.6) is 0 Å². The molecule has 142 valence electrons. The lowest BCUT2D eigenvalue weighted by molar-refractivity contribution is -0.120. The number of amides is 1. The van der Waals surface area contributed by atoms with Gasteiger partial charge in [0.25, 0.3) is 5.91 Å². The number of sulfone groups is 1. The Hall–Kier alpha value is -1.44. The summed E-state index contributed by atoms with van der Waals surface area (Å²) in [6.07, 6.45) is 3.00. The standard InChI is InChI=1S/C18H31N3O3S/c1-3-5-12-25(23,24)17(19)18(22)21-11-7-10-20-14-16-9-6-8-15(4-2)13-16/h6,8-9,13,17,20H,3-5,7,10-12,14,19H2,1-2H3,(H,21,22)/t17-/m1/s1. The summed E-state index contributed by atoms with van der Waals surface area (Å²) in [5.74, 6) is -0.664. The van der Waals surface area contributed by atoms with Crippen molar-refractivity contribution in [1.82, 2.24) is 10.6 Å². The van der Waals surface area contributed by atoms with Gasteiger partial charge < -0.3 is 16.4 Å². The van der Waals surface area contributed by atoms with E-state index in [0.717, 1.165) is 25.9 Å². The summed E-state index contributed by atoms with van der Waals surface area (Å²) in [4.78, 5) is 11.8. The molecular formula is C18H31N3O3S. The number of hydrogen-bond acceptors (Lipinski definition) is 5. The molecule has 0 saturated carbocycles. The zero-order chi connectivity index (χ0) is 18.7. The van der Waals surface area contributed by atoms with E-state index >= 15 is 0 Å². The SMILES string of the molecule is CCCCS(=O)(=O)[C@@H](N)C(=O)NCCCNCc1cccc(CC)c1. The van der Waals surface area contributed by atoms with Crippen molar-refractivity contribution in [3.63, 3.8) is 0 Å². The molecule has 1 atom stereocenters. The first kappa shape index (κ1) is 21.6. The van der Waals surface area contributed by atoms with Crippen LogP contribution in [-0.4, -0.2) is 38.5 Å². The summed E-state index contributed by atoms with van der Waals surface area (Å²) >= 11 is 0. The highest BCUT2D eigenvalue weighted by molar-refractivity contribution is 7.92. The van der Waals surface area contributed by atoms with Gasteiger partial charge in [0.15, 0.2) is 15.2 Å². The lowest BCUT2D eigenvalue weighted by atomic mass is 10.1. The predicted octanol–water partition coefficient (Wildman–Crippen LogP) is 1.34. The number of aryl methyl sites for hydroxylation is 1. The second-order valence-electron chi connectivity index (χ2n) is 6.14. The third kappa shape index (κ3) is 7.98. The number of rotatable bonds is 12. The van der Waals surface area contributed by atoms with Crippen LogP contribution in [0.4, 0.5) is 0 Å². The molecule has 0 aliphatic carbocycles. The third-order valence-electron chi connectivity index (χ3n) is 3.99. The first-order valence-corrected chi connectivity index (χ1v) is 10.7. The summed E-state index contributed by atoms with van der Waals surface area (Å²) in [6.45, 7) is 5.92. The second-order valence-corrected chi connectivity index (χ2v) is 8.38. The predicted molar refractivity (Wildman–Crippen MR) is 102 cm³/mol. The Kier molecular flexibility index (Phi) is 9.70. The number of benzene rings is 1. The van der Waals surface area contributed by atoms with E-state index in [0.29, 0.717) is 19.4 Å². The van der Waals surface area contributed by atoms with Gasteiger partial charge in [0.2, 0.25) is 0 Å². The van der Waals surface area contributed by atoms with Gasteiger partial charge >= 0.3 is 0 Å². The van der Waals surface area contributed by atoms with Crippen molar-refractivity contribution < 1.29 is 13.2 Å². The highest BCUT2D eigenvalue weighted by atomic mass is 32.2. The molecule has 0 saturated heterocycles. The molecule has 0 aromatic heterocycles. The highest BCUT2D eigenvalue weighted by Crippen LogP contribution is 2.05. The van der Waals surface area contributed by atoms with Crippen LogP contribution in [-0.2, 0) is 27.6 Å². The summed E-state index contributed by atoms with van der Waals surface area (Å²) in [5.41, 5.74) is 8.10. The largest absolute Gasteiger partial charge is 0.354 e. The summed E-state index contributed by atoms with van der Waals surface area (Å²) < 4.78 is 23.8. The number of nitrogens with two attached hydrogens (primary N) is 1. The topological polar surface area (TPSA) is 101 Å². The lowest BCUT2D eigenvalue weighted by Crippen LogP contribution is -2.47. The average Bonchev–Trinajstić information content (AvgIpc) is 2.62. The van der Waals surface area contributed by atoms with Crippen LogP contribution in [0.1, 0.15) is 44.2 Å². The minimum atomic E-state index is -3.56. The van der Waals surface area contributed by atoms with Gasteiger partial charge in [-0.25, -0.2) is 8.42 Å². The quantitative estimate of drug-likeness (QED) is 0.483. The molecule has 6 nitrogen and oxygen atoms in total. The zero-order valence-electron chi connectivity index (χ0n) is 15.3. The van der Waals surface area contributed by atoms with Crippen molar-refractivity contribution in [2.75, 3.05) is 18.8 Å². The Morgan fingerprint density at radius 2 is 1.88 bits per heavy atom. The Bertz CT molecular complexity index is 632. The van der Waals surface area contributed by atoms with Gasteiger partial charge in [-0.3, -0.25) is 4.79 Å². The van der Waals surface area contributed by atoms with E-state index in [4.69, 9.17) is 5.73 Å². The minimum absolute atomic E-state index is 0.0452. The van der Waals surface area contributed by atoms with Gasteiger partial charge in [0.1, 0.15) is 0 Å². The third-order valence-corrected chi connectivity index (χ3v) is 5.83. The van der Waals surface area contributed by atoms with Crippen molar-refractivity contribution in [1.29, 1.82) is 0 Å². The number of carbonyl (C=O) groups is 1. The molecular weight excluding hydrogens is 338 g/mol. The molecule has 7 heteroatoms. The van der Waals surface area contributed by atoms with Gasteiger partial charge in [-0.15, -0.1) is 0 Å². The van der Waals surface area contributed by atoms with Crippen LogP contribution in [0.15, 0.2) is 24.3 Å². The highest BCUT2D eigenvalue weighted by Gasteiger charge is 2.27. The number of unbranched alkanes of at least 4 members (excludes halogenated alkanes) is 1. The van der Waals surface area contributed by atoms with Crippen LogP contribution in [0.2, 0.25) is 0 Å². The molecule has 0 aliphatic heterocycles. The molecule has 0 spiro atoms. The second kappa shape index (κ2) is 11.2. The maximum Gasteiger partial charge on any atom is 0.252 e. The Morgan fingerprint density at radius 3 is 2.56 bits per heavy atom. The molecule has 1 aromatic carbocycles. The maximum absolute atomic E-state index is 11.9. The molecule has 25 heavy (non-hydrogen) atoms. The molecule has 1 aromatic rings. The van der Waals surface area contributed by atoms with Gasteiger partial charge in [-0.2, -0.15) is 0 Å². The van der Waals surface area contributed by atoms with Crippen LogP contribution in [0, 0.1) is 0 Å². The van der Waals surface area contributed by atoms with E-state index in [-0.39, 0.29) is 5.75 Å². The molecule has 1 rings (SSSR count). The van der Waals surface area contributed by atoms with Crippen molar-refractivity contribution in [2.45, 2.75) is 51.4 Å². The van der Waals surface area contributed by atoms with Crippen molar-refractivity contribution in [3.05, 3.63) is 35.4 Å². The Morgan fingerprint density at radius 1 is 1.16 bits per heavy atom. The van der Waals surface area contributed by atoms with Crippen LogP contribution in [0.3, 0.4) is 0 Å². The molecule has 1 amide bonds. The average molecular weight is 370 g/mol. The molecule has 0 bridgehead atoms. The molecule has 0 heterocycles. The lowest BCUT2D eigenvalue weighted by Gasteiger charge is -2.13. The van der Waals surface area contributed by atoms with E-state index in [1.54, 1.807) is 0 Å². The Balaban J connectivity index is 2.23. The van der Waals surface area contributed by atoms with Gasteiger partial charge in [0.05, 0.1) is 5.75 Å². The van der Waals surface area contributed by atoms with E-state index < -0.39 is 21.1 Å². The monoisotopic (exact) mass is 369 g/mol. The molecule has 4 N–H and O–H groups in total. The van der Waals surface area contributed by atoms with Crippen molar-refractivity contribution in [2.24, 2.45) is 5.73 Å².